The Labute approximate surface area is 161 Å². The molecule has 28 heavy (non-hydrogen) atoms. The number of nitrogens with one attached hydrogen (secondary N) is 2. The van der Waals surface area contributed by atoms with Gasteiger partial charge in [0, 0.05) is 36.1 Å². The summed E-state index contributed by atoms with van der Waals surface area (Å²) in [6, 6.07) is 3.40. The number of benzene rings is 1. The van der Waals surface area contributed by atoms with E-state index in [0.717, 1.165) is 25.0 Å². The Morgan fingerprint density at radius 3 is 2.61 bits per heavy atom. The molecule has 0 radical (unpaired) electrons. The Balaban J connectivity index is 1.79. The van der Waals surface area contributed by atoms with Crippen molar-refractivity contribution in [3.05, 3.63) is 53.1 Å². The molecule has 1 aromatic heterocycles. The number of nitrogens with zero attached hydrogens (tertiary/aromatic N) is 2. The van der Waals surface area contributed by atoms with Crippen molar-refractivity contribution in [1.29, 1.82) is 0 Å². The van der Waals surface area contributed by atoms with E-state index in [4.69, 9.17) is 0 Å². The minimum atomic E-state index is -0.721. The third kappa shape index (κ3) is 4.69. The van der Waals surface area contributed by atoms with Crippen molar-refractivity contribution in [3.8, 4) is 0 Å². The maximum absolute atomic E-state index is 14.5. The maximum Gasteiger partial charge on any atom is 0.251 e. The number of aliphatic hydroxyl groups is 1. The number of carbonyl (C=O) groups is 1. The SMILES string of the molecule is CNc1ncc(/C(F)=C/c2cc(C(=O)N[C@H]3CCCC[C@@H]3O)ccc2F)cn1. The van der Waals surface area contributed by atoms with Crippen LogP contribution in [0, 0.1) is 5.82 Å². The van der Waals surface area contributed by atoms with Gasteiger partial charge in [0.05, 0.1) is 12.1 Å². The second kappa shape index (κ2) is 8.88. The first-order valence-electron chi connectivity index (χ1n) is 9.14. The van der Waals surface area contributed by atoms with Crippen LogP contribution in [0.5, 0.6) is 0 Å². The van der Waals surface area contributed by atoms with Crippen LogP contribution in [0.3, 0.4) is 0 Å². The van der Waals surface area contributed by atoms with Gasteiger partial charge in [-0.2, -0.15) is 0 Å². The summed E-state index contributed by atoms with van der Waals surface area (Å²) in [5, 5.41) is 15.5. The van der Waals surface area contributed by atoms with E-state index >= 15 is 0 Å². The number of hydrogen-bond acceptors (Lipinski definition) is 5. The van der Waals surface area contributed by atoms with Crippen LogP contribution < -0.4 is 10.6 Å². The summed E-state index contributed by atoms with van der Waals surface area (Å²) in [4.78, 5) is 20.3. The van der Waals surface area contributed by atoms with Crippen molar-refractivity contribution >= 4 is 23.8 Å². The van der Waals surface area contributed by atoms with Gasteiger partial charge in [0.1, 0.15) is 11.6 Å². The molecule has 148 valence electrons. The van der Waals surface area contributed by atoms with Crippen LogP contribution in [0.2, 0.25) is 0 Å². The summed E-state index contributed by atoms with van der Waals surface area (Å²) >= 11 is 0. The summed E-state index contributed by atoms with van der Waals surface area (Å²) in [6.45, 7) is 0. The van der Waals surface area contributed by atoms with Gasteiger partial charge in [0.15, 0.2) is 0 Å². The Morgan fingerprint density at radius 2 is 1.93 bits per heavy atom. The zero-order valence-electron chi connectivity index (χ0n) is 15.5. The quantitative estimate of drug-likeness (QED) is 0.732. The normalized spacial score (nSPS) is 19.9. The van der Waals surface area contributed by atoms with Crippen LogP contribution >= 0.6 is 0 Å². The molecule has 1 heterocycles. The highest BCUT2D eigenvalue weighted by atomic mass is 19.1. The number of carbonyl (C=O) groups excluding carboxylic acids is 1. The number of halogens is 2. The lowest BCUT2D eigenvalue weighted by molar-refractivity contribution is 0.0717. The summed E-state index contributed by atoms with van der Waals surface area (Å²) in [7, 11) is 1.64. The molecule has 8 heteroatoms. The fourth-order valence-corrected chi connectivity index (χ4v) is 3.13. The monoisotopic (exact) mass is 388 g/mol. The molecule has 1 aliphatic carbocycles. The third-order valence-corrected chi connectivity index (χ3v) is 4.74. The number of rotatable bonds is 5. The standard InChI is InChI=1S/C20H22F2N4O2/c1-23-20-24-10-14(11-25-20)16(22)9-13-8-12(6-7-15(13)21)19(28)26-17-4-2-3-5-18(17)27/h6-11,17-18,27H,2-5H2,1H3,(H,26,28)(H,23,24,25)/b16-9-/t17-,18-/m0/s1. The molecule has 6 nitrogen and oxygen atoms in total. The van der Waals surface area contributed by atoms with Gasteiger partial charge in [0.25, 0.3) is 5.91 Å². The Hall–Kier alpha value is -2.87. The van der Waals surface area contributed by atoms with Gasteiger partial charge in [-0.15, -0.1) is 0 Å². The summed E-state index contributed by atoms with van der Waals surface area (Å²) in [6.07, 6.45) is 6.17. The van der Waals surface area contributed by atoms with Crippen LogP contribution in [-0.4, -0.2) is 40.2 Å². The van der Waals surface area contributed by atoms with Crippen molar-refractivity contribution in [1.82, 2.24) is 15.3 Å². The predicted octanol–water partition coefficient (Wildman–Crippen LogP) is 3.16. The van der Waals surface area contributed by atoms with Gasteiger partial charge in [-0.1, -0.05) is 12.8 Å². The highest BCUT2D eigenvalue weighted by Gasteiger charge is 2.25. The van der Waals surface area contributed by atoms with Crippen LogP contribution in [-0.2, 0) is 0 Å². The van der Waals surface area contributed by atoms with E-state index in [1.54, 1.807) is 7.05 Å². The van der Waals surface area contributed by atoms with Crippen molar-refractivity contribution in [3.63, 3.8) is 0 Å². The molecular formula is C20H22F2N4O2. The first-order chi connectivity index (χ1) is 13.5. The molecular weight excluding hydrogens is 366 g/mol. The minimum absolute atomic E-state index is 0.0629. The minimum Gasteiger partial charge on any atom is -0.391 e. The summed E-state index contributed by atoms with van der Waals surface area (Å²) < 4.78 is 28.6. The molecule has 0 bridgehead atoms. The lowest BCUT2D eigenvalue weighted by Crippen LogP contribution is -2.45. The largest absolute Gasteiger partial charge is 0.391 e. The summed E-state index contributed by atoms with van der Waals surface area (Å²) in [5.41, 5.74) is 0.227. The summed E-state index contributed by atoms with van der Waals surface area (Å²) in [5.74, 6) is -1.46. The van der Waals surface area contributed by atoms with E-state index < -0.39 is 23.7 Å². The van der Waals surface area contributed by atoms with E-state index in [-0.39, 0.29) is 22.7 Å². The molecule has 0 saturated heterocycles. The number of amides is 1. The lowest BCUT2D eigenvalue weighted by atomic mass is 9.92. The van der Waals surface area contributed by atoms with E-state index in [2.05, 4.69) is 20.6 Å². The molecule has 1 fully saturated rings. The van der Waals surface area contributed by atoms with E-state index in [1.165, 1.54) is 24.5 Å². The second-order valence-electron chi connectivity index (χ2n) is 6.71. The van der Waals surface area contributed by atoms with Crippen LogP contribution in [0.4, 0.5) is 14.7 Å². The van der Waals surface area contributed by atoms with Crippen LogP contribution in [0.25, 0.3) is 11.9 Å². The topological polar surface area (TPSA) is 87.1 Å². The molecule has 0 unspecified atom stereocenters. The number of hydrogen-bond donors (Lipinski definition) is 3. The molecule has 1 aromatic carbocycles. The first kappa shape index (κ1) is 19.9. The van der Waals surface area contributed by atoms with Crippen molar-refractivity contribution < 1.29 is 18.7 Å². The lowest BCUT2D eigenvalue weighted by Gasteiger charge is -2.28. The van der Waals surface area contributed by atoms with Gasteiger partial charge in [-0.25, -0.2) is 18.7 Å². The number of aromatic nitrogens is 2. The van der Waals surface area contributed by atoms with Crippen molar-refractivity contribution in [2.24, 2.45) is 0 Å². The second-order valence-corrected chi connectivity index (χ2v) is 6.71. The molecule has 2 atom stereocenters. The number of anilines is 1. The van der Waals surface area contributed by atoms with E-state index in [9.17, 15) is 18.7 Å². The van der Waals surface area contributed by atoms with Crippen molar-refractivity contribution in [2.45, 2.75) is 37.8 Å². The van der Waals surface area contributed by atoms with Gasteiger partial charge >= 0.3 is 0 Å². The molecule has 1 amide bonds. The molecule has 0 spiro atoms. The molecule has 3 rings (SSSR count). The van der Waals surface area contributed by atoms with E-state index in [0.29, 0.717) is 18.8 Å². The third-order valence-electron chi connectivity index (χ3n) is 4.74. The van der Waals surface area contributed by atoms with Gasteiger partial charge in [0.2, 0.25) is 5.95 Å². The molecule has 3 N–H and O–H groups in total. The zero-order chi connectivity index (χ0) is 20.1. The zero-order valence-corrected chi connectivity index (χ0v) is 15.5. The fourth-order valence-electron chi connectivity index (χ4n) is 3.13. The predicted molar refractivity (Wildman–Crippen MR) is 103 cm³/mol. The number of aliphatic hydroxyl groups excluding tert-OH is 1. The van der Waals surface area contributed by atoms with E-state index in [1.807, 2.05) is 0 Å². The fraction of sp³-hybridized carbons (Fsp3) is 0.350. The smallest absolute Gasteiger partial charge is 0.251 e. The highest BCUT2D eigenvalue weighted by molar-refractivity contribution is 5.95. The van der Waals surface area contributed by atoms with Gasteiger partial charge in [-0.05, 0) is 37.1 Å². The Kier molecular flexibility index (Phi) is 6.30. The maximum atomic E-state index is 14.5. The van der Waals surface area contributed by atoms with Crippen molar-refractivity contribution in [2.75, 3.05) is 12.4 Å². The molecule has 0 aliphatic heterocycles. The van der Waals surface area contributed by atoms with Crippen LogP contribution in [0.15, 0.2) is 30.6 Å². The average molecular weight is 388 g/mol. The highest BCUT2D eigenvalue weighted by Crippen LogP contribution is 2.22. The van der Waals surface area contributed by atoms with Crippen LogP contribution in [0.1, 0.15) is 47.2 Å². The Morgan fingerprint density at radius 1 is 1.21 bits per heavy atom. The van der Waals surface area contributed by atoms with Gasteiger partial charge < -0.3 is 15.7 Å². The molecule has 1 saturated carbocycles. The average Bonchev–Trinajstić information content (AvgIpc) is 2.71. The molecule has 1 aliphatic rings. The first-order valence-corrected chi connectivity index (χ1v) is 9.14. The molecule has 2 aromatic rings. The Bertz CT molecular complexity index is 871. The van der Waals surface area contributed by atoms with Gasteiger partial charge in [-0.3, -0.25) is 4.79 Å².